The number of unbranched alkanes of at least 4 members (excludes halogenated alkanes) is 3. The maximum Gasteiger partial charge on any atom is 0.0474 e. The summed E-state index contributed by atoms with van der Waals surface area (Å²) < 4.78 is 0. The minimum Gasteiger partial charge on any atom is -0.313 e. The molecule has 0 amide bonds. The number of alkyl halides is 1. The van der Waals surface area contributed by atoms with Crippen molar-refractivity contribution in [3.05, 3.63) is 35.4 Å². The monoisotopic (exact) mass is 239 g/mol. The number of nitrogens with one attached hydrogen (secondary N) is 1. The molecule has 0 aliphatic heterocycles. The molecule has 16 heavy (non-hydrogen) atoms. The summed E-state index contributed by atoms with van der Waals surface area (Å²) >= 11 is 5.74. The molecular formula is C14H22ClN. The van der Waals surface area contributed by atoms with Crippen molar-refractivity contribution in [2.24, 2.45) is 0 Å². The van der Waals surface area contributed by atoms with Gasteiger partial charge in [0.25, 0.3) is 0 Å². The van der Waals surface area contributed by atoms with E-state index in [1.807, 2.05) is 0 Å². The van der Waals surface area contributed by atoms with Crippen LogP contribution in [0.25, 0.3) is 0 Å². The zero-order valence-electron chi connectivity index (χ0n) is 10.1. The van der Waals surface area contributed by atoms with Crippen LogP contribution in [0.4, 0.5) is 0 Å². The molecule has 1 aromatic carbocycles. The quantitative estimate of drug-likeness (QED) is 0.532. The Kier molecular flexibility index (Phi) is 7.28. The molecule has 1 aromatic rings. The van der Waals surface area contributed by atoms with Gasteiger partial charge in [0.15, 0.2) is 0 Å². The first-order valence-electron chi connectivity index (χ1n) is 6.21. The summed E-state index contributed by atoms with van der Waals surface area (Å²) in [5.41, 5.74) is 2.53. The molecule has 0 heterocycles. The number of halogens is 1. The van der Waals surface area contributed by atoms with Crippen LogP contribution in [0.1, 0.15) is 43.7 Å². The first-order valence-corrected chi connectivity index (χ1v) is 6.74. The van der Waals surface area contributed by atoms with E-state index in [1.54, 1.807) is 0 Å². The molecule has 0 radical (unpaired) electrons. The Morgan fingerprint density at radius 2 is 1.69 bits per heavy atom. The Balaban J connectivity index is 2.12. The minimum absolute atomic E-state index is 0.602. The second-order valence-corrected chi connectivity index (χ2v) is 4.45. The van der Waals surface area contributed by atoms with Gasteiger partial charge in [0.05, 0.1) is 0 Å². The fourth-order valence-electron chi connectivity index (χ4n) is 1.66. The molecule has 90 valence electrons. The van der Waals surface area contributed by atoms with E-state index in [0.717, 1.165) is 13.1 Å². The van der Waals surface area contributed by atoms with Gasteiger partial charge in [0.1, 0.15) is 0 Å². The van der Waals surface area contributed by atoms with E-state index >= 15 is 0 Å². The summed E-state index contributed by atoms with van der Waals surface area (Å²) in [4.78, 5) is 0. The van der Waals surface area contributed by atoms with Gasteiger partial charge >= 0.3 is 0 Å². The maximum absolute atomic E-state index is 5.74. The van der Waals surface area contributed by atoms with Crippen molar-refractivity contribution in [3.63, 3.8) is 0 Å². The highest BCUT2D eigenvalue weighted by molar-refractivity contribution is 6.17. The molecule has 0 bridgehead atoms. The van der Waals surface area contributed by atoms with Crippen LogP contribution in [0.3, 0.4) is 0 Å². The summed E-state index contributed by atoms with van der Waals surface area (Å²) in [5.74, 6) is 0.602. The van der Waals surface area contributed by atoms with Crippen molar-refractivity contribution in [2.75, 3.05) is 6.54 Å². The predicted octanol–water partition coefficient (Wildman–Crippen LogP) is 4.10. The first-order chi connectivity index (χ1) is 7.86. The molecule has 0 unspecified atom stereocenters. The van der Waals surface area contributed by atoms with Crippen LogP contribution in [-0.4, -0.2) is 6.54 Å². The van der Waals surface area contributed by atoms with Crippen LogP contribution in [-0.2, 0) is 12.4 Å². The van der Waals surface area contributed by atoms with E-state index in [1.165, 1.54) is 36.8 Å². The van der Waals surface area contributed by atoms with Crippen molar-refractivity contribution in [1.82, 2.24) is 5.32 Å². The van der Waals surface area contributed by atoms with Gasteiger partial charge in [-0.1, -0.05) is 50.5 Å². The highest BCUT2D eigenvalue weighted by atomic mass is 35.5. The molecule has 0 spiro atoms. The van der Waals surface area contributed by atoms with Crippen molar-refractivity contribution in [2.45, 2.75) is 45.0 Å². The van der Waals surface area contributed by atoms with Crippen LogP contribution < -0.4 is 5.32 Å². The van der Waals surface area contributed by atoms with Crippen molar-refractivity contribution >= 4 is 11.6 Å². The zero-order chi connectivity index (χ0) is 11.6. The predicted molar refractivity (Wildman–Crippen MR) is 71.8 cm³/mol. The topological polar surface area (TPSA) is 12.0 Å². The van der Waals surface area contributed by atoms with E-state index in [4.69, 9.17) is 11.6 Å². The third-order valence-corrected chi connectivity index (χ3v) is 3.02. The number of hydrogen-bond acceptors (Lipinski definition) is 1. The zero-order valence-corrected chi connectivity index (χ0v) is 10.9. The van der Waals surface area contributed by atoms with Gasteiger partial charge in [-0.3, -0.25) is 0 Å². The van der Waals surface area contributed by atoms with Gasteiger partial charge < -0.3 is 5.32 Å². The van der Waals surface area contributed by atoms with E-state index in [2.05, 4.69) is 36.5 Å². The normalized spacial score (nSPS) is 10.6. The van der Waals surface area contributed by atoms with Crippen LogP contribution in [0, 0.1) is 0 Å². The largest absolute Gasteiger partial charge is 0.313 e. The third kappa shape index (κ3) is 5.53. The molecule has 0 aliphatic rings. The molecular weight excluding hydrogens is 218 g/mol. The fraction of sp³-hybridized carbons (Fsp3) is 0.571. The maximum atomic E-state index is 5.74. The van der Waals surface area contributed by atoms with Gasteiger partial charge in [0.2, 0.25) is 0 Å². The lowest BCUT2D eigenvalue weighted by atomic mass is 10.1. The summed E-state index contributed by atoms with van der Waals surface area (Å²) in [6.07, 6.45) is 5.29. The number of benzene rings is 1. The lowest BCUT2D eigenvalue weighted by Crippen LogP contribution is -2.14. The molecule has 0 aliphatic carbocycles. The van der Waals surface area contributed by atoms with E-state index < -0.39 is 0 Å². The minimum atomic E-state index is 0.602. The summed E-state index contributed by atoms with van der Waals surface area (Å²) in [6.45, 7) is 4.33. The van der Waals surface area contributed by atoms with E-state index in [0.29, 0.717) is 5.88 Å². The fourth-order valence-corrected chi connectivity index (χ4v) is 1.83. The Morgan fingerprint density at radius 3 is 2.31 bits per heavy atom. The Bertz CT molecular complexity index is 269. The molecule has 0 saturated heterocycles. The van der Waals surface area contributed by atoms with Crippen molar-refractivity contribution in [1.29, 1.82) is 0 Å². The van der Waals surface area contributed by atoms with Gasteiger partial charge in [-0.15, -0.1) is 11.6 Å². The van der Waals surface area contributed by atoms with Crippen molar-refractivity contribution < 1.29 is 0 Å². The van der Waals surface area contributed by atoms with Crippen molar-refractivity contribution in [3.8, 4) is 0 Å². The molecule has 2 heteroatoms. The van der Waals surface area contributed by atoms with E-state index in [9.17, 15) is 0 Å². The van der Waals surface area contributed by atoms with Crippen LogP contribution in [0.5, 0.6) is 0 Å². The highest BCUT2D eigenvalue weighted by Gasteiger charge is 1.94. The molecule has 0 fully saturated rings. The van der Waals surface area contributed by atoms with Crippen LogP contribution >= 0.6 is 11.6 Å². The number of rotatable bonds is 8. The molecule has 0 atom stereocenters. The number of hydrogen-bond donors (Lipinski definition) is 1. The van der Waals surface area contributed by atoms with Crippen LogP contribution in [0.15, 0.2) is 24.3 Å². The highest BCUT2D eigenvalue weighted by Crippen LogP contribution is 2.06. The van der Waals surface area contributed by atoms with Gasteiger partial charge in [-0.2, -0.15) is 0 Å². The summed E-state index contributed by atoms with van der Waals surface area (Å²) in [6, 6.07) is 8.50. The second-order valence-electron chi connectivity index (χ2n) is 4.19. The lowest BCUT2D eigenvalue weighted by Gasteiger charge is -2.05. The summed E-state index contributed by atoms with van der Waals surface area (Å²) in [7, 11) is 0. The summed E-state index contributed by atoms with van der Waals surface area (Å²) in [5, 5.41) is 3.47. The standard InChI is InChI=1S/C14H22ClN/c1-2-3-4-5-10-16-12-14-8-6-13(11-15)7-9-14/h6-9,16H,2-5,10-12H2,1H3. The Hall–Kier alpha value is -0.530. The Labute approximate surface area is 104 Å². The molecule has 1 rings (SSSR count). The molecule has 0 saturated carbocycles. The Morgan fingerprint density at radius 1 is 1.00 bits per heavy atom. The second kappa shape index (κ2) is 8.60. The van der Waals surface area contributed by atoms with Gasteiger partial charge in [0, 0.05) is 12.4 Å². The first kappa shape index (κ1) is 13.5. The third-order valence-electron chi connectivity index (χ3n) is 2.71. The SMILES string of the molecule is CCCCCCNCc1ccc(CCl)cc1. The smallest absolute Gasteiger partial charge is 0.0474 e. The average Bonchev–Trinajstić information content (AvgIpc) is 2.34. The molecule has 0 aromatic heterocycles. The molecule has 1 N–H and O–H groups in total. The average molecular weight is 240 g/mol. The van der Waals surface area contributed by atoms with E-state index in [-0.39, 0.29) is 0 Å². The lowest BCUT2D eigenvalue weighted by molar-refractivity contribution is 0.598. The molecule has 1 nitrogen and oxygen atoms in total. The van der Waals surface area contributed by atoms with Gasteiger partial charge in [-0.25, -0.2) is 0 Å². The van der Waals surface area contributed by atoms with Gasteiger partial charge in [-0.05, 0) is 24.1 Å². The van der Waals surface area contributed by atoms with Crippen LogP contribution in [0.2, 0.25) is 0 Å².